The summed E-state index contributed by atoms with van der Waals surface area (Å²) in [6.45, 7) is 0.978. The lowest BCUT2D eigenvalue weighted by Gasteiger charge is -2.05. The number of aromatic carboxylic acids is 1. The van der Waals surface area contributed by atoms with Crippen LogP contribution in [0, 0.1) is 6.92 Å². The highest BCUT2D eigenvalue weighted by Gasteiger charge is 2.09. The van der Waals surface area contributed by atoms with Gasteiger partial charge in [-0.2, -0.15) is 0 Å². The van der Waals surface area contributed by atoms with Gasteiger partial charge in [0.25, 0.3) is 0 Å². The zero-order chi connectivity index (χ0) is 10.6. The number of aryl methyl sites for hydroxylation is 1. The summed E-state index contributed by atoms with van der Waals surface area (Å²) in [5, 5.41) is 8.67. The Hall–Kier alpha value is -1.65. The van der Waals surface area contributed by atoms with Crippen molar-refractivity contribution in [1.29, 1.82) is 0 Å². The highest BCUT2D eigenvalue weighted by atomic mass is 19.1. The molecule has 0 aliphatic rings. The van der Waals surface area contributed by atoms with Crippen LogP contribution in [-0.2, 0) is 0 Å². The van der Waals surface area contributed by atoms with Gasteiger partial charge in [0, 0.05) is 0 Å². The van der Waals surface area contributed by atoms with E-state index in [9.17, 15) is 9.18 Å². The number of pyridine rings is 1. The molecule has 1 aromatic heterocycles. The zero-order valence-electron chi connectivity index (χ0n) is 7.66. The molecule has 0 fully saturated rings. The zero-order valence-corrected chi connectivity index (χ0v) is 7.66. The van der Waals surface area contributed by atoms with Gasteiger partial charge in [-0.15, -0.1) is 0 Å². The van der Waals surface area contributed by atoms with E-state index in [1.165, 1.54) is 12.3 Å². The Balaban J connectivity index is 2.83. The molecular weight excluding hydrogens is 189 g/mol. The van der Waals surface area contributed by atoms with Gasteiger partial charge in [0.05, 0.1) is 6.20 Å². The first-order valence-electron chi connectivity index (χ1n) is 4.04. The second-order valence-corrected chi connectivity index (χ2v) is 2.68. The van der Waals surface area contributed by atoms with Gasteiger partial charge >= 0.3 is 5.97 Å². The molecule has 0 atom stereocenters. The minimum absolute atomic E-state index is 0.0161. The third-order valence-electron chi connectivity index (χ3n) is 1.60. The van der Waals surface area contributed by atoms with Crippen LogP contribution < -0.4 is 4.74 Å². The second-order valence-electron chi connectivity index (χ2n) is 2.68. The van der Waals surface area contributed by atoms with Crippen molar-refractivity contribution in [2.45, 2.75) is 6.92 Å². The van der Waals surface area contributed by atoms with Crippen molar-refractivity contribution in [3.8, 4) is 5.75 Å². The second kappa shape index (κ2) is 4.55. The largest absolute Gasteiger partial charge is 0.489 e. The van der Waals surface area contributed by atoms with Crippen molar-refractivity contribution in [1.82, 2.24) is 4.98 Å². The molecule has 5 heteroatoms. The maximum atomic E-state index is 11.7. The van der Waals surface area contributed by atoms with E-state index in [1.54, 1.807) is 6.92 Å². The van der Waals surface area contributed by atoms with Crippen molar-refractivity contribution in [3.05, 3.63) is 23.5 Å². The van der Waals surface area contributed by atoms with Crippen LogP contribution in [0.2, 0.25) is 0 Å². The van der Waals surface area contributed by atoms with E-state index in [2.05, 4.69) is 4.98 Å². The number of ether oxygens (including phenoxy) is 1. The van der Waals surface area contributed by atoms with Gasteiger partial charge in [0.15, 0.2) is 5.69 Å². The molecule has 1 heterocycles. The summed E-state index contributed by atoms with van der Waals surface area (Å²) in [4.78, 5) is 14.3. The number of hydrogen-bond acceptors (Lipinski definition) is 3. The highest BCUT2D eigenvalue weighted by molar-refractivity contribution is 5.87. The first-order chi connectivity index (χ1) is 6.65. The number of rotatable bonds is 4. The number of aromatic nitrogens is 1. The number of hydrogen-bond donors (Lipinski definition) is 1. The third kappa shape index (κ3) is 2.42. The molecule has 76 valence electrons. The molecule has 0 spiro atoms. The lowest BCUT2D eigenvalue weighted by molar-refractivity contribution is 0.0689. The van der Waals surface area contributed by atoms with Crippen LogP contribution >= 0.6 is 0 Å². The van der Waals surface area contributed by atoms with Crippen LogP contribution in [-0.4, -0.2) is 29.3 Å². The summed E-state index contributed by atoms with van der Waals surface area (Å²) in [5.41, 5.74) is 0.478. The van der Waals surface area contributed by atoms with E-state index in [0.717, 1.165) is 0 Å². The molecule has 0 aromatic carbocycles. The predicted molar refractivity (Wildman–Crippen MR) is 47.4 cm³/mol. The Morgan fingerprint density at radius 3 is 2.93 bits per heavy atom. The number of carbonyl (C=O) groups is 1. The number of nitrogens with zero attached hydrogens (tertiary/aromatic N) is 1. The normalized spacial score (nSPS) is 9.86. The van der Waals surface area contributed by atoms with Gasteiger partial charge in [-0.3, -0.25) is 0 Å². The molecule has 1 rings (SSSR count). The highest BCUT2D eigenvalue weighted by Crippen LogP contribution is 2.14. The summed E-state index contributed by atoms with van der Waals surface area (Å²) in [6, 6.07) is 1.52. The molecule has 0 saturated carbocycles. The van der Waals surface area contributed by atoms with Gasteiger partial charge in [0.1, 0.15) is 19.0 Å². The Kier molecular flexibility index (Phi) is 3.39. The SMILES string of the molecule is Cc1cc(OCCF)cnc1C(=O)O. The summed E-state index contributed by atoms with van der Waals surface area (Å²) < 4.78 is 16.7. The molecule has 0 aliphatic carbocycles. The Morgan fingerprint density at radius 2 is 2.43 bits per heavy atom. The molecule has 1 N–H and O–H groups in total. The van der Waals surface area contributed by atoms with E-state index < -0.39 is 12.6 Å². The van der Waals surface area contributed by atoms with Crippen LogP contribution in [0.15, 0.2) is 12.3 Å². The Bertz CT molecular complexity index is 341. The van der Waals surface area contributed by atoms with Crippen LogP contribution in [0.5, 0.6) is 5.75 Å². The summed E-state index contributed by atoms with van der Waals surface area (Å²) >= 11 is 0. The van der Waals surface area contributed by atoms with Crippen molar-refractivity contribution in [3.63, 3.8) is 0 Å². The predicted octanol–water partition coefficient (Wildman–Crippen LogP) is 1.44. The van der Waals surface area contributed by atoms with E-state index >= 15 is 0 Å². The summed E-state index contributed by atoms with van der Waals surface area (Å²) in [5.74, 6) is -0.704. The van der Waals surface area contributed by atoms with Gasteiger partial charge in [0.2, 0.25) is 0 Å². The summed E-state index contributed by atoms with van der Waals surface area (Å²) in [7, 11) is 0. The van der Waals surface area contributed by atoms with Crippen molar-refractivity contribution in [2.75, 3.05) is 13.3 Å². The van der Waals surface area contributed by atoms with E-state index in [4.69, 9.17) is 9.84 Å². The first-order valence-corrected chi connectivity index (χ1v) is 4.04. The fourth-order valence-corrected chi connectivity index (χ4v) is 1.01. The Labute approximate surface area is 80.3 Å². The molecule has 1 aromatic rings. The average Bonchev–Trinajstić information content (AvgIpc) is 2.14. The van der Waals surface area contributed by atoms with E-state index in [-0.39, 0.29) is 12.3 Å². The molecule has 0 unspecified atom stereocenters. The van der Waals surface area contributed by atoms with Gasteiger partial charge in [-0.25, -0.2) is 14.2 Å². The monoisotopic (exact) mass is 199 g/mol. The minimum atomic E-state index is -1.08. The smallest absolute Gasteiger partial charge is 0.354 e. The molecule has 0 radical (unpaired) electrons. The van der Waals surface area contributed by atoms with E-state index in [1.807, 2.05) is 0 Å². The van der Waals surface area contributed by atoms with Crippen LogP contribution in [0.4, 0.5) is 4.39 Å². The van der Waals surface area contributed by atoms with Crippen LogP contribution in [0.3, 0.4) is 0 Å². The van der Waals surface area contributed by atoms with Gasteiger partial charge in [-0.05, 0) is 18.6 Å². The molecule has 4 nitrogen and oxygen atoms in total. The number of carboxylic acids is 1. The van der Waals surface area contributed by atoms with Crippen molar-refractivity contribution in [2.24, 2.45) is 0 Å². The van der Waals surface area contributed by atoms with Gasteiger partial charge < -0.3 is 9.84 Å². The van der Waals surface area contributed by atoms with Crippen molar-refractivity contribution < 1.29 is 19.0 Å². The molecule has 0 amide bonds. The topological polar surface area (TPSA) is 59.4 Å². The quantitative estimate of drug-likeness (QED) is 0.797. The average molecular weight is 199 g/mol. The van der Waals surface area contributed by atoms with Crippen LogP contribution in [0.25, 0.3) is 0 Å². The number of carboxylic acid groups (broad SMARTS) is 1. The maximum Gasteiger partial charge on any atom is 0.354 e. The maximum absolute atomic E-state index is 11.7. The number of halogens is 1. The molecule has 14 heavy (non-hydrogen) atoms. The summed E-state index contributed by atoms with van der Waals surface area (Å²) in [6.07, 6.45) is 1.27. The fraction of sp³-hybridized carbons (Fsp3) is 0.333. The lowest BCUT2D eigenvalue weighted by Crippen LogP contribution is -2.05. The minimum Gasteiger partial charge on any atom is -0.489 e. The molecule has 0 bridgehead atoms. The van der Waals surface area contributed by atoms with Gasteiger partial charge in [-0.1, -0.05) is 0 Å². The van der Waals surface area contributed by atoms with Crippen molar-refractivity contribution >= 4 is 5.97 Å². The molecule has 0 saturated heterocycles. The standard InChI is InChI=1S/C9H10FNO3/c1-6-4-7(14-3-2-10)5-11-8(6)9(12)13/h4-5H,2-3H2,1H3,(H,12,13). The fourth-order valence-electron chi connectivity index (χ4n) is 1.01. The lowest BCUT2D eigenvalue weighted by atomic mass is 10.2. The van der Waals surface area contributed by atoms with Crippen LogP contribution in [0.1, 0.15) is 16.1 Å². The van der Waals surface area contributed by atoms with E-state index in [0.29, 0.717) is 11.3 Å². The molecule has 0 aliphatic heterocycles. The Morgan fingerprint density at radius 1 is 1.71 bits per heavy atom. The number of alkyl halides is 1. The molecular formula is C9H10FNO3. The third-order valence-corrected chi connectivity index (χ3v) is 1.60. The first kappa shape index (κ1) is 10.4.